The molecule has 1 aliphatic carbocycles. The van der Waals surface area contributed by atoms with Crippen LogP contribution in [0, 0.1) is 0 Å². The van der Waals surface area contributed by atoms with Gasteiger partial charge in [-0.3, -0.25) is 0 Å². The number of benzene rings is 1. The minimum Gasteiger partial charge on any atom is -0.490 e. The second kappa shape index (κ2) is 7.14. The molecule has 1 saturated heterocycles. The van der Waals surface area contributed by atoms with Crippen LogP contribution in [-0.4, -0.2) is 38.0 Å². The zero-order valence-corrected chi connectivity index (χ0v) is 12.7. The Morgan fingerprint density at radius 2 is 2.05 bits per heavy atom. The van der Waals surface area contributed by atoms with Gasteiger partial charge in [0.1, 0.15) is 6.10 Å². The van der Waals surface area contributed by atoms with Crippen LogP contribution in [-0.2, 0) is 4.74 Å². The highest BCUT2D eigenvalue weighted by molar-refractivity contribution is 5.39. The summed E-state index contributed by atoms with van der Waals surface area (Å²) >= 11 is 0. The number of ether oxygens (including phenoxy) is 3. The minimum absolute atomic E-state index is 0.229. The maximum absolute atomic E-state index is 6.25. The monoisotopic (exact) mass is 291 g/mol. The van der Waals surface area contributed by atoms with Crippen LogP contribution >= 0.6 is 0 Å². The van der Waals surface area contributed by atoms with Crippen LogP contribution < -0.4 is 14.8 Å². The first-order valence-corrected chi connectivity index (χ1v) is 8.09. The largest absolute Gasteiger partial charge is 0.490 e. The van der Waals surface area contributed by atoms with Gasteiger partial charge in [0.15, 0.2) is 11.5 Å². The molecule has 0 unspecified atom stereocenters. The van der Waals surface area contributed by atoms with Crippen LogP contribution in [0.3, 0.4) is 0 Å². The predicted molar refractivity (Wildman–Crippen MR) is 82.0 cm³/mol. The van der Waals surface area contributed by atoms with Gasteiger partial charge in [0.2, 0.25) is 0 Å². The number of rotatable bonds is 6. The molecule has 1 saturated carbocycles. The lowest BCUT2D eigenvalue weighted by Gasteiger charge is -2.25. The fraction of sp³-hybridized carbons (Fsp3) is 0.647. The van der Waals surface area contributed by atoms with Gasteiger partial charge in [-0.15, -0.1) is 0 Å². The molecule has 0 spiro atoms. The summed E-state index contributed by atoms with van der Waals surface area (Å²) in [6.45, 7) is 4.37. The highest BCUT2D eigenvalue weighted by atomic mass is 16.5. The van der Waals surface area contributed by atoms with Crippen molar-refractivity contribution in [2.45, 2.75) is 50.8 Å². The SMILES string of the molecule is CCOc1ccccc1O[C@@H]1CCC[C@@H]1N[C@H]1CCOC1. The summed E-state index contributed by atoms with van der Waals surface area (Å²) in [5.41, 5.74) is 0. The first-order valence-electron chi connectivity index (χ1n) is 8.09. The topological polar surface area (TPSA) is 39.7 Å². The van der Waals surface area contributed by atoms with Gasteiger partial charge in [-0.05, 0) is 44.7 Å². The van der Waals surface area contributed by atoms with Crippen molar-refractivity contribution in [3.05, 3.63) is 24.3 Å². The average Bonchev–Trinajstić information content (AvgIpc) is 3.15. The number of hydrogen-bond acceptors (Lipinski definition) is 4. The Balaban J connectivity index is 1.62. The molecule has 3 rings (SSSR count). The molecule has 1 aliphatic heterocycles. The van der Waals surface area contributed by atoms with E-state index in [-0.39, 0.29) is 6.10 Å². The molecule has 0 radical (unpaired) electrons. The molecule has 3 atom stereocenters. The summed E-state index contributed by atoms with van der Waals surface area (Å²) in [5, 5.41) is 3.71. The number of para-hydroxylation sites is 2. The molecule has 21 heavy (non-hydrogen) atoms. The minimum atomic E-state index is 0.229. The normalized spacial score (nSPS) is 28.7. The van der Waals surface area contributed by atoms with Gasteiger partial charge in [-0.1, -0.05) is 12.1 Å². The molecule has 1 aromatic carbocycles. The Kier molecular flexibility index (Phi) is 4.99. The fourth-order valence-corrected chi connectivity index (χ4v) is 3.21. The maximum atomic E-state index is 6.25. The van der Waals surface area contributed by atoms with Crippen LogP contribution in [0.5, 0.6) is 11.5 Å². The standard InChI is InChI=1S/C17H25NO3/c1-2-20-16-7-3-4-8-17(16)21-15-9-5-6-14(15)18-13-10-11-19-12-13/h3-4,7-8,13-15,18H,2,5-6,9-12H2,1H3/t13-,14-,15+/m0/s1. The molecule has 0 bridgehead atoms. The second-order valence-corrected chi connectivity index (χ2v) is 5.80. The number of nitrogens with one attached hydrogen (secondary N) is 1. The van der Waals surface area contributed by atoms with Crippen molar-refractivity contribution in [2.24, 2.45) is 0 Å². The molecule has 2 fully saturated rings. The predicted octanol–water partition coefficient (Wildman–Crippen LogP) is 2.76. The van der Waals surface area contributed by atoms with E-state index in [0.717, 1.165) is 37.6 Å². The zero-order valence-electron chi connectivity index (χ0n) is 12.7. The Hall–Kier alpha value is -1.26. The Morgan fingerprint density at radius 3 is 2.81 bits per heavy atom. The van der Waals surface area contributed by atoms with Crippen molar-refractivity contribution in [1.29, 1.82) is 0 Å². The molecular formula is C17H25NO3. The maximum Gasteiger partial charge on any atom is 0.161 e. The third kappa shape index (κ3) is 3.69. The van der Waals surface area contributed by atoms with E-state index in [1.807, 2.05) is 31.2 Å². The van der Waals surface area contributed by atoms with Crippen molar-refractivity contribution < 1.29 is 14.2 Å². The smallest absolute Gasteiger partial charge is 0.161 e. The summed E-state index contributed by atoms with van der Waals surface area (Å²) in [5.74, 6) is 1.70. The van der Waals surface area contributed by atoms with Crippen molar-refractivity contribution >= 4 is 0 Å². The van der Waals surface area contributed by atoms with Crippen LogP contribution in [0.4, 0.5) is 0 Å². The van der Waals surface area contributed by atoms with Gasteiger partial charge in [0.05, 0.1) is 13.2 Å². The molecule has 1 N–H and O–H groups in total. The van der Waals surface area contributed by atoms with Gasteiger partial charge in [-0.2, -0.15) is 0 Å². The molecule has 2 aliphatic rings. The first-order chi connectivity index (χ1) is 10.4. The highest BCUT2D eigenvalue weighted by Gasteiger charge is 2.32. The van der Waals surface area contributed by atoms with E-state index in [2.05, 4.69) is 5.32 Å². The van der Waals surface area contributed by atoms with E-state index < -0.39 is 0 Å². The van der Waals surface area contributed by atoms with E-state index in [1.165, 1.54) is 12.8 Å². The van der Waals surface area contributed by atoms with Crippen molar-refractivity contribution in [3.63, 3.8) is 0 Å². The number of hydrogen-bond donors (Lipinski definition) is 1. The van der Waals surface area contributed by atoms with Crippen LogP contribution in [0.15, 0.2) is 24.3 Å². The summed E-state index contributed by atoms with van der Waals surface area (Å²) in [6.07, 6.45) is 4.84. The molecule has 4 heteroatoms. The molecule has 4 nitrogen and oxygen atoms in total. The van der Waals surface area contributed by atoms with E-state index in [4.69, 9.17) is 14.2 Å². The van der Waals surface area contributed by atoms with Gasteiger partial charge < -0.3 is 19.5 Å². The molecule has 1 aromatic rings. The van der Waals surface area contributed by atoms with Gasteiger partial charge >= 0.3 is 0 Å². The fourth-order valence-electron chi connectivity index (χ4n) is 3.21. The van der Waals surface area contributed by atoms with E-state index in [1.54, 1.807) is 0 Å². The van der Waals surface area contributed by atoms with Gasteiger partial charge in [-0.25, -0.2) is 0 Å². The van der Waals surface area contributed by atoms with E-state index >= 15 is 0 Å². The molecule has 0 aromatic heterocycles. The van der Waals surface area contributed by atoms with E-state index in [9.17, 15) is 0 Å². The summed E-state index contributed by atoms with van der Waals surface area (Å²) in [4.78, 5) is 0. The van der Waals surface area contributed by atoms with E-state index in [0.29, 0.717) is 18.7 Å². The first kappa shape index (κ1) is 14.7. The third-order valence-electron chi connectivity index (χ3n) is 4.26. The summed E-state index contributed by atoms with van der Waals surface area (Å²) in [7, 11) is 0. The van der Waals surface area contributed by atoms with Crippen molar-refractivity contribution in [3.8, 4) is 11.5 Å². The summed E-state index contributed by atoms with van der Waals surface area (Å²) in [6, 6.07) is 8.87. The quantitative estimate of drug-likeness (QED) is 0.875. The lowest BCUT2D eigenvalue weighted by Crippen LogP contribution is -2.45. The third-order valence-corrected chi connectivity index (χ3v) is 4.26. The lowest BCUT2D eigenvalue weighted by molar-refractivity contribution is 0.151. The lowest BCUT2D eigenvalue weighted by atomic mass is 10.1. The van der Waals surface area contributed by atoms with Crippen LogP contribution in [0.25, 0.3) is 0 Å². The molecule has 116 valence electrons. The molecular weight excluding hydrogens is 266 g/mol. The van der Waals surface area contributed by atoms with Crippen LogP contribution in [0.2, 0.25) is 0 Å². The Labute approximate surface area is 126 Å². The van der Waals surface area contributed by atoms with Gasteiger partial charge in [0, 0.05) is 18.7 Å². The second-order valence-electron chi connectivity index (χ2n) is 5.80. The summed E-state index contributed by atoms with van der Waals surface area (Å²) < 4.78 is 17.4. The molecule has 1 heterocycles. The van der Waals surface area contributed by atoms with Crippen molar-refractivity contribution in [1.82, 2.24) is 5.32 Å². The Bertz CT molecular complexity index is 445. The van der Waals surface area contributed by atoms with Crippen LogP contribution in [0.1, 0.15) is 32.6 Å². The Morgan fingerprint density at radius 1 is 1.19 bits per heavy atom. The average molecular weight is 291 g/mol. The van der Waals surface area contributed by atoms with Gasteiger partial charge in [0.25, 0.3) is 0 Å². The highest BCUT2D eigenvalue weighted by Crippen LogP contribution is 2.32. The zero-order chi connectivity index (χ0) is 14.5. The van der Waals surface area contributed by atoms with Crippen molar-refractivity contribution in [2.75, 3.05) is 19.8 Å². The molecule has 0 amide bonds.